The van der Waals surface area contributed by atoms with E-state index in [1.807, 2.05) is 0 Å². The summed E-state index contributed by atoms with van der Waals surface area (Å²) in [6.07, 6.45) is 0. The Morgan fingerprint density at radius 3 is 1.67 bits per heavy atom. The van der Waals surface area contributed by atoms with Crippen LogP contribution in [0.3, 0.4) is 0 Å². The van der Waals surface area contributed by atoms with E-state index < -0.39 is 30.5 Å². The lowest BCUT2D eigenvalue weighted by atomic mass is 11.4. The average molecular weight is 164 g/mol. The standard InChI is InChI=1S/C2H8N2O3Si2/c3-8-1(5)7-2(6)9-4/h3-4,8-9H2. The van der Waals surface area contributed by atoms with Gasteiger partial charge in [0.25, 0.3) is 11.2 Å². The van der Waals surface area contributed by atoms with Crippen molar-refractivity contribution in [1.29, 1.82) is 0 Å². The molecular weight excluding hydrogens is 156 g/mol. The SMILES string of the molecule is N[SiH2]C(=O)OC(=O)[SiH2]N. The average Bonchev–Trinajstić information content (AvgIpc) is 1.87. The van der Waals surface area contributed by atoms with E-state index in [-0.39, 0.29) is 0 Å². The van der Waals surface area contributed by atoms with E-state index in [0.29, 0.717) is 0 Å². The van der Waals surface area contributed by atoms with Crippen LogP contribution < -0.4 is 10.8 Å². The summed E-state index contributed by atoms with van der Waals surface area (Å²) in [6.45, 7) is 0. The fraction of sp³-hybridized carbons (Fsp3) is 0. The Balaban J connectivity index is 3.47. The Hall–Kier alpha value is -0.506. The zero-order valence-corrected chi connectivity index (χ0v) is 7.62. The predicted molar refractivity (Wildman–Crippen MR) is 37.3 cm³/mol. The van der Waals surface area contributed by atoms with Crippen molar-refractivity contribution >= 4 is 30.5 Å². The second kappa shape index (κ2) is 4.38. The molecule has 0 fully saturated rings. The first kappa shape index (κ1) is 8.49. The van der Waals surface area contributed by atoms with Crippen LogP contribution in [0.25, 0.3) is 0 Å². The molecule has 0 aromatic rings. The molecule has 0 radical (unpaired) electrons. The van der Waals surface area contributed by atoms with Gasteiger partial charge < -0.3 is 15.5 Å². The fourth-order valence-corrected chi connectivity index (χ4v) is 0.903. The maximum Gasteiger partial charge on any atom is 0.288 e. The maximum atomic E-state index is 10.2. The molecule has 0 aromatic carbocycles. The Kier molecular flexibility index (Phi) is 4.13. The van der Waals surface area contributed by atoms with Crippen molar-refractivity contribution < 1.29 is 14.3 Å². The molecule has 0 bridgehead atoms. The zero-order chi connectivity index (χ0) is 7.28. The van der Waals surface area contributed by atoms with Gasteiger partial charge in [-0.15, -0.1) is 0 Å². The van der Waals surface area contributed by atoms with E-state index in [4.69, 9.17) is 10.8 Å². The van der Waals surface area contributed by atoms with E-state index in [9.17, 15) is 9.59 Å². The summed E-state index contributed by atoms with van der Waals surface area (Å²) in [7, 11) is -2.66. The first-order chi connectivity index (χ1) is 4.20. The largest absolute Gasteiger partial charge is 0.401 e. The lowest BCUT2D eigenvalue weighted by Crippen LogP contribution is -2.27. The van der Waals surface area contributed by atoms with Crippen molar-refractivity contribution in [2.75, 3.05) is 0 Å². The summed E-state index contributed by atoms with van der Waals surface area (Å²) in [6, 6.07) is 0. The summed E-state index contributed by atoms with van der Waals surface area (Å²) in [5.74, 6) is 0. The molecule has 9 heavy (non-hydrogen) atoms. The number of carbonyl (C=O) groups is 2. The van der Waals surface area contributed by atoms with Crippen molar-refractivity contribution in [3.8, 4) is 0 Å². The van der Waals surface area contributed by atoms with Gasteiger partial charge in [-0.05, 0) is 0 Å². The molecule has 0 saturated carbocycles. The number of hydrogen-bond acceptors (Lipinski definition) is 5. The van der Waals surface area contributed by atoms with E-state index in [0.717, 1.165) is 0 Å². The molecule has 0 aliphatic carbocycles. The molecule has 0 rings (SSSR count). The van der Waals surface area contributed by atoms with E-state index in [2.05, 4.69) is 4.74 Å². The molecule has 0 aromatic heterocycles. The predicted octanol–water partition coefficient (Wildman–Crippen LogP) is -2.67. The van der Waals surface area contributed by atoms with Gasteiger partial charge in [0, 0.05) is 0 Å². The third-order valence-corrected chi connectivity index (χ3v) is 1.52. The molecule has 52 valence electrons. The summed E-state index contributed by atoms with van der Waals surface area (Å²) < 4.78 is 4.14. The second-order valence-electron chi connectivity index (χ2n) is 1.25. The van der Waals surface area contributed by atoms with Crippen LogP contribution in [0.4, 0.5) is 9.59 Å². The van der Waals surface area contributed by atoms with Gasteiger partial charge in [-0.25, -0.2) is 0 Å². The highest BCUT2D eigenvalue weighted by molar-refractivity contribution is 6.75. The highest BCUT2D eigenvalue weighted by Crippen LogP contribution is 1.77. The third-order valence-electron chi connectivity index (χ3n) is 0.561. The Morgan fingerprint density at radius 1 is 1.11 bits per heavy atom. The summed E-state index contributed by atoms with van der Waals surface area (Å²) in [5, 5.41) is 9.92. The molecule has 0 unspecified atom stereocenters. The molecule has 7 heteroatoms. The molecule has 0 atom stereocenters. The van der Waals surface area contributed by atoms with Crippen LogP contribution in [0.5, 0.6) is 0 Å². The molecule has 4 N–H and O–H groups in total. The highest BCUT2D eigenvalue weighted by Gasteiger charge is 2.04. The second-order valence-corrected chi connectivity index (χ2v) is 3.23. The quantitative estimate of drug-likeness (QED) is 0.343. The van der Waals surface area contributed by atoms with Crippen molar-refractivity contribution in [3.63, 3.8) is 0 Å². The van der Waals surface area contributed by atoms with Crippen LogP contribution in [-0.4, -0.2) is 30.5 Å². The zero-order valence-electron chi connectivity index (χ0n) is 4.79. The van der Waals surface area contributed by atoms with Crippen LogP contribution in [0.1, 0.15) is 0 Å². The fourth-order valence-electron chi connectivity index (χ4n) is 0.210. The molecule has 0 aliphatic heterocycles. The highest BCUT2D eigenvalue weighted by atomic mass is 28.2. The van der Waals surface area contributed by atoms with E-state index in [1.54, 1.807) is 0 Å². The van der Waals surface area contributed by atoms with Gasteiger partial charge in [0.15, 0.2) is 0 Å². The molecule has 0 amide bonds. The lowest BCUT2D eigenvalue weighted by molar-refractivity contribution is 0.183. The van der Waals surface area contributed by atoms with E-state index in [1.165, 1.54) is 0 Å². The van der Waals surface area contributed by atoms with Crippen LogP contribution in [0.15, 0.2) is 0 Å². The third kappa shape index (κ3) is 4.03. The smallest absolute Gasteiger partial charge is 0.288 e. The monoisotopic (exact) mass is 164 g/mol. The van der Waals surface area contributed by atoms with Crippen molar-refractivity contribution in [2.45, 2.75) is 0 Å². The van der Waals surface area contributed by atoms with E-state index >= 15 is 0 Å². The van der Waals surface area contributed by atoms with Gasteiger partial charge in [0.2, 0.25) is 19.4 Å². The van der Waals surface area contributed by atoms with Gasteiger partial charge >= 0.3 is 0 Å². The number of nitrogens with two attached hydrogens (primary N) is 2. The van der Waals surface area contributed by atoms with Crippen molar-refractivity contribution in [3.05, 3.63) is 0 Å². The topological polar surface area (TPSA) is 95.4 Å². The first-order valence-corrected chi connectivity index (χ1v) is 5.39. The Morgan fingerprint density at radius 2 is 1.44 bits per heavy atom. The number of rotatable bonds is 2. The van der Waals surface area contributed by atoms with Crippen LogP contribution in [0.2, 0.25) is 0 Å². The lowest BCUT2D eigenvalue weighted by Gasteiger charge is -1.95. The molecule has 5 nitrogen and oxygen atoms in total. The number of hydrogen-bond donors (Lipinski definition) is 2. The molecular formula is C2H8N2O3Si2. The van der Waals surface area contributed by atoms with Gasteiger partial charge in [0.1, 0.15) is 0 Å². The molecule has 0 spiro atoms. The molecule has 0 heterocycles. The van der Waals surface area contributed by atoms with Gasteiger partial charge in [0.05, 0.1) is 0 Å². The van der Waals surface area contributed by atoms with Crippen LogP contribution in [0, 0.1) is 0 Å². The summed E-state index contributed by atoms with van der Waals surface area (Å²) >= 11 is 0. The maximum absolute atomic E-state index is 10.2. The first-order valence-electron chi connectivity index (χ1n) is 2.34. The minimum atomic E-state index is -1.33. The number of ether oxygens (including phenoxy) is 1. The minimum Gasteiger partial charge on any atom is -0.401 e. The Labute approximate surface area is 56.5 Å². The summed E-state index contributed by atoms with van der Waals surface area (Å²) in [4.78, 5) is 20.5. The molecule has 0 aliphatic rings. The Bertz CT molecular complexity index is 113. The normalized spacial score (nSPS) is 11.3. The van der Waals surface area contributed by atoms with Crippen LogP contribution >= 0.6 is 0 Å². The van der Waals surface area contributed by atoms with Gasteiger partial charge in [-0.3, -0.25) is 9.59 Å². The molecule has 0 saturated heterocycles. The van der Waals surface area contributed by atoms with Crippen LogP contribution in [-0.2, 0) is 4.74 Å². The summed E-state index contributed by atoms with van der Waals surface area (Å²) in [5.41, 5.74) is -1.17. The van der Waals surface area contributed by atoms with Crippen molar-refractivity contribution in [1.82, 2.24) is 0 Å². The minimum absolute atomic E-state index is 0.585. The van der Waals surface area contributed by atoms with Crippen molar-refractivity contribution in [2.24, 2.45) is 10.8 Å². The number of carbonyl (C=O) groups excluding carboxylic acids is 2. The van der Waals surface area contributed by atoms with Gasteiger partial charge in [-0.2, -0.15) is 0 Å². The van der Waals surface area contributed by atoms with Gasteiger partial charge in [-0.1, -0.05) is 0 Å².